The Morgan fingerprint density at radius 3 is 2.59 bits per heavy atom. The molecule has 1 fully saturated rings. The Morgan fingerprint density at radius 1 is 1.35 bits per heavy atom. The second kappa shape index (κ2) is 6.93. The third kappa shape index (κ3) is 7.31. The van der Waals surface area contributed by atoms with Crippen molar-refractivity contribution >= 4 is 5.97 Å². The minimum atomic E-state index is -0.150. The van der Waals surface area contributed by atoms with Gasteiger partial charge >= 0.3 is 5.97 Å². The molecule has 1 aliphatic heterocycles. The van der Waals surface area contributed by atoms with Crippen molar-refractivity contribution in [3.8, 4) is 0 Å². The van der Waals surface area contributed by atoms with Crippen LogP contribution in [0.5, 0.6) is 0 Å². The maximum atomic E-state index is 11.5. The van der Waals surface area contributed by atoms with E-state index in [0.29, 0.717) is 32.9 Å². The average molecular weight is 244 g/mol. The van der Waals surface area contributed by atoms with E-state index >= 15 is 0 Å². The lowest BCUT2D eigenvalue weighted by atomic mass is 10.1. The Balaban J connectivity index is 2.04. The van der Waals surface area contributed by atoms with Crippen molar-refractivity contribution in [2.45, 2.75) is 26.3 Å². The van der Waals surface area contributed by atoms with Gasteiger partial charge in [-0.1, -0.05) is 0 Å². The van der Waals surface area contributed by atoms with Crippen molar-refractivity contribution in [2.24, 2.45) is 0 Å². The molecular weight excluding hydrogens is 220 g/mol. The summed E-state index contributed by atoms with van der Waals surface area (Å²) in [6.07, 6.45) is 0. The van der Waals surface area contributed by atoms with E-state index in [2.05, 4.69) is 31.0 Å². The fraction of sp³-hybridized carbons (Fsp3) is 0.917. The number of nitrogens with zero attached hydrogens (tertiary/aromatic N) is 1. The van der Waals surface area contributed by atoms with Crippen LogP contribution >= 0.6 is 0 Å². The summed E-state index contributed by atoms with van der Waals surface area (Å²) in [5, 5.41) is 3.27. The molecule has 17 heavy (non-hydrogen) atoms. The van der Waals surface area contributed by atoms with Gasteiger partial charge in [-0.25, -0.2) is 0 Å². The van der Waals surface area contributed by atoms with Crippen LogP contribution in [-0.4, -0.2) is 62.4 Å². The first kappa shape index (κ1) is 14.4. The summed E-state index contributed by atoms with van der Waals surface area (Å²) in [4.78, 5) is 13.6. The fourth-order valence-electron chi connectivity index (χ4n) is 1.58. The van der Waals surface area contributed by atoms with E-state index in [-0.39, 0.29) is 11.5 Å². The van der Waals surface area contributed by atoms with Crippen LogP contribution in [0.1, 0.15) is 20.8 Å². The Bertz CT molecular complexity index is 232. The molecule has 0 aromatic carbocycles. The van der Waals surface area contributed by atoms with Gasteiger partial charge in [-0.15, -0.1) is 0 Å². The zero-order valence-corrected chi connectivity index (χ0v) is 11.1. The van der Waals surface area contributed by atoms with Gasteiger partial charge in [0, 0.05) is 25.2 Å². The predicted octanol–water partition coefficient (Wildman–Crippen LogP) is 0.250. The third-order valence-corrected chi connectivity index (χ3v) is 2.48. The van der Waals surface area contributed by atoms with Crippen LogP contribution in [0.25, 0.3) is 0 Å². The summed E-state index contributed by atoms with van der Waals surface area (Å²) in [5.74, 6) is -0.150. The number of carbonyl (C=O) groups excluding carboxylic acids is 1. The summed E-state index contributed by atoms with van der Waals surface area (Å²) in [5.41, 5.74) is 0.0661. The highest BCUT2D eigenvalue weighted by atomic mass is 16.5. The normalized spacial score (nSPS) is 18.1. The van der Waals surface area contributed by atoms with E-state index in [0.717, 1.165) is 13.1 Å². The van der Waals surface area contributed by atoms with Crippen molar-refractivity contribution in [3.63, 3.8) is 0 Å². The van der Waals surface area contributed by atoms with Crippen molar-refractivity contribution in [1.82, 2.24) is 10.2 Å². The highest BCUT2D eigenvalue weighted by Crippen LogP contribution is 1.98. The van der Waals surface area contributed by atoms with Crippen LogP contribution < -0.4 is 5.32 Å². The summed E-state index contributed by atoms with van der Waals surface area (Å²) < 4.78 is 10.4. The zero-order chi connectivity index (χ0) is 12.7. The van der Waals surface area contributed by atoms with E-state index in [1.54, 1.807) is 0 Å². The minimum absolute atomic E-state index is 0.0661. The quantitative estimate of drug-likeness (QED) is 0.555. The molecule has 0 amide bonds. The molecule has 0 atom stereocenters. The van der Waals surface area contributed by atoms with Crippen LogP contribution in [0.2, 0.25) is 0 Å². The first-order valence-corrected chi connectivity index (χ1v) is 6.18. The molecule has 1 aliphatic rings. The van der Waals surface area contributed by atoms with Crippen LogP contribution in [0, 0.1) is 0 Å². The molecule has 1 heterocycles. The molecule has 1 N–H and O–H groups in total. The van der Waals surface area contributed by atoms with Gasteiger partial charge in [0.2, 0.25) is 0 Å². The summed E-state index contributed by atoms with van der Waals surface area (Å²) in [7, 11) is 0. The highest BCUT2D eigenvalue weighted by Gasteiger charge is 2.15. The van der Waals surface area contributed by atoms with E-state index in [1.165, 1.54) is 0 Å². The monoisotopic (exact) mass is 244 g/mol. The van der Waals surface area contributed by atoms with Gasteiger partial charge in [-0.3, -0.25) is 9.69 Å². The molecule has 0 aromatic rings. The van der Waals surface area contributed by atoms with Gasteiger partial charge < -0.3 is 14.8 Å². The SMILES string of the molecule is CC(C)(C)NCCOC(=O)CN1CCOCC1. The number of esters is 1. The number of morpholine rings is 1. The number of nitrogens with one attached hydrogen (secondary N) is 1. The maximum Gasteiger partial charge on any atom is 0.320 e. The third-order valence-electron chi connectivity index (χ3n) is 2.48. The van der Waals surface area contributed by atoms with Crippen molar-refractivity contribution in [2.75, 3.05) is 46.0 Å². The molecule has 0 saturated carbocycles. The number of hydrogen-bond acceptors (Lipinski definition) is 5. The largest absolute Gasteiger partial charge is 0.463 e. The average Bonchev–Trinajstić information content (AvgIpc) is 2.25. The number of ether oxygens (including phenoxy) is 2. The van der Waals surface area contributed by atoms with Crippen LogP contribution in [-0.2, 0) is 14.3 Å². The van der Waals surface area contributed by atoms with Gasteiger partial charge in [-0.2, -0.15) is 0 Å². The molecule has 5 nitrogen and oxygen atoms in total. The summed E-state index contributed by atoms with van der Waals surface area (Å²) in [6.45, 7) is 10.8. The molecule has 0 aromatic heterocycles. The highest BCUT2D eigenvalue weighted by molar-refractivity contribution is 5.71. The smallest absolute Gasteiger partial charge is 0.320 e. The van der Waals surface area contributed by atoms with E-state index in [9.17, 15) is 4.79 Å². The van der Waals surface area contributed by atoms with Crippen molar-refractivity contribution in [1.29, 1.82) is 0 Å². The summed E-state index contributed by atoms with van der Waals surface area (Å²) >= 11 is 0. The topological polar surface area (TPSA) is 50.8 Å². The molecule has 0 radical (unpaired) electrons. The predicted molar refractivity (Wildman–Crippen MR) is 66.0 cm³/mol. The standard InChI is InChI=1S/C12H24N2O3/c1-12(2,3)13-4-7-17-11(15)10-14-5-8-16-9-6-14/h13H,4-10H2,1-3H3. The second-order valence-electron chi connectivity index (χ2n) is 5.29. The zero-order valence-electron chi connectivity index (χ0n) is 11.1. The molecule has 0 aliphatic carbocycles. The first-order valence-electron chi connectivity index (χ1n) is 6.18. The fourth-order valence-corrected chi connectivity index (χ4v) is 1.58. The molecule has 1 rings (SSSR count). The number of rotatable bonds is 5. The molecule has 100 valence electrons. The Morgan fingerprint density at radius 2 is 2.00 bits per heavy atom. The van der Waals surface area contributed by atoms with E-state index < -0.39 is 0 Å². The van der Waals surface area contributed by atoms with Crippen LogP contribution in [0.4, 0.5) is 0 Å². The van der Waals surface area contributed by atoms with E-state index in [4.69, 9.17) is 9.47 Å². The van der Waals surface area contributed by atoms with Crippen molar-refractivity contribution < 1.29 is 14.3 Å². The van der Waals surface area contributed by atoms with Gasteiger partial charge in [0.15, 0.2) is 0 Å². The maximum absolute atomic E-state index is 11.5. The molecule has 1 saturated heterocycles. The number of carbonyl (C=O) groups is 1. The van der Waals surface area contributed by atoms with Gasteiger partial charge in [-0.05, 0) is 20.8 Å². The Hall–Kier alpha value is -0.650. The van der Waals surface area contributed by atoms with Crippen LogP contribution in [0.3, 0.4) is 0 Å². The number of hydrogen-bond donors (Lipinski definition) is 1. The lowest BCUT2D eigenvalue weighted by Gasteiger charge is -2.25. The molecule has 0 spiro atoms. The van der Waals surface area contributed by atoms with Crippen molar-refractivity contribution in [3.05, 3.63) is 0 Å². The second-order valence-corrected chi connectivity index (χ2v) is 5.29. The first-order chi connectivity index (χ1) is 7.97. The molecular formula is C12H24N2O3. The summed E-state index contributed by atoms with van der Waals surface area (Å²) in [6, 6.07) is 0. The van der Waals surface area contributed by atoms with E-state index in [1.807, 2.05) is 0 Å². The molecule has 5 heteroatoms. The lowest BCUT2D eigenvalue weighted by molar-refractivity contribution is -0.145. The van der Waals surface area contributed by atoms with Gasteiger partial charge in [0.1, 0.15) is 6.61 Å². The van der Waals surface area contributed by atoms with Gasteiger partial charge in [0.25, 0.3) is 0 Å². The minimum Gasteiger partial charge on any atom is -0.463 e. The van der Waals surface area contributed by atoms with Gasteiger partial charge in [0.05, 0.1) is 19.8 Å². The molecule has 0 bridgehead atoms. The Kier molecular flexibility index (Phi) is 5.88. The Labute approximate surface area is 103 Å². The molecule has 0 unspecified atom stereocenters. The van der Waals surface area contributed by atoms with Crippen LogP contribution in [0.15, 0.2) is 0 Å². The lowest BCUT2D eigenvalue weighted by Crippen LogP contribution is -2.41.